The van der Waals surface area contributed by atoms with E-state index in [0.717, 1.165) is 11.3 Å². The molecule has 0 aliphatic rings. The van der Waals surface area contributed by atoms with Crippen LogP contribution in [-0.4, -0.2) is 43.4 Å². The van der Waals surface area contributed by atoms with E-state index in [2.05, 4.69) is 0 Å². The number of aliphatic hydroxyl groups is 1. The lowest BCUT2D eigenvalue weighted by molar-refractivity contribution is 0.164. The maximum absolute atomic E-state index is 9.03. The summed E-state index contributed by atoms with van der Waals surface area (Å²) in [6.07, 6.45) is 0. The monoisotopic (exact) mass is 238 g/mol. The first-order chi connectivity index (χ1) is 8.11. The first kappa shape index (κ1) is 14.0. The van der Waals surface area contributed by atoms with Crippen molar-refractivity contribution in [2.24, 2.45) is 5.73 Å². The molecule has 1 aromatic carbocycles. The molecule has 0 saturated carbocycles. The fourth-order valence-electron chi connectivity index (χ4n) is 2.13. The number of rotatable bonds is 6. The van der Waals surface area contributed by atoms with Crippen LogP contribution in [0.25, 0.3) is 0 Å². The third-order valence-electron chi connectivity index (χ3n) is 2.88. The van der Waals surface area contributed by atoms with Crippen molar-refractivity contribution in [3.63, 3.8) is 0 Å². The standard InChI is InChI=1S/C13H22N2O2/c1-10(14)13(15(2)8-9-16)11-6-4-5-7-12(11)17-3/h4-7,10,13,16H,8-9,14H2,1-3H3. The quantitative estimate of drug-likeness (QED) is 0.776. The number of nitrogens with zero attached hydrogens (tertiary/aromatic N) is 1. The van der Waals surface area contributed by atoms with Gasteiger partial charge in [0.05, 0.1) is 19.8 Å². The Hall–Kier alpha value is -1.10. The van der Waals surface area contributed by atoms with Crippen LogP contribution in [0.2, 0.25) is 0 Å². The first-order valence-corrected chi connectivity index (χ1v) is 5.81. The second-order valence-electron chi connectivity index (χ2n) is 4.25. The van der Waals surface area contributed by atoms with Crippen LogP contribution in [0, 0.1) is 0 Å². The van der Waals surface area contributed by atoms with E-state index in [0.29, 0.717) is 6.54 Å². The predicted molar refractivity (Wildman–Crippen MR) is 69.1 cm³/mol. The number of methoxy groups -OCH3 is 1. The molecular formula is C13H22N2O2. The molecular weight excluding hydrogens is 216 g/mol. The Morgan fingerprint density at radius 3 is 2.59 bits per heavy atom. The summed E-state index contributed by atoms with van der Waals surface area (Å²) in [5, 5.41) is 9.03. The molecule has 96 valence electrons. The van der Waals surface area contributed by atoms with Crippen molar-refractivity contribution in [1.29, 1.82) is 0 Å². The SMILES string of the molecule is COc1ccccc1C(C(C)N)N(C)CCO. The van der Waals surface area contributed by atoms with Gasteiger partial charge in [0.2, 0.25) is 0 Å². The molecule has 0 saturated heterocycles. The molecule has 0 aromatic heterocycles. The summed E-state index contributed by atoms with van der Waals surface area (Å²) in [7, 11) is 3.61. The van der Waals surface area contributed by atoms with Crippen molar-refractivity contribution < 1.29 is 9.84 Å². The summed E-state index contributed by atoms with van der Waals surface area (Å²) in [4.78, 5) is 2.04. The van der Waals surface area contributed by atoms with E-state index in [1.54, 1.807) is 7.11 Å². The average Bonchev–Trinajstić information content (AvgIpc) is 2.30. The highest BCUT2D eigenvalue weighted by Crippen LogP contribution is 2.30. The Balaban J connectivity index is 3.04. The number of nitrogens with two attached hydrogens (primary N) is 1. The van der Waals surface area contributed by atoms with Crippen LogP contribution < -0.4 is 10.5 Å². The summed E-state index contributed by atoms with van der Waals surface area (Å²) in [5.41, 5.74) is 7.10. The Labute approximate surface area is 103 Å². The molecule has 0 radical (unpaired) electrons. The van der Waals surface area contributed by atoms with Gasteiger partial charge in [0.25, 0.3) is 0 Å². The minimum absolute atomic E-state index is 0.0390. The smallest absolute Gasteiger partial charge is 0.123 e. The van der Waals surface area contributed by atoms with Crippen LogP contribution in [0.5, 0.6) is 5.75 Å². The number of hydrogen-bond acceptors (Lipinski definition) is 4. The molecule has 0 amide bonds. The summed E-state index contributed by atoms with van der Waals surface area (Å²) in [6, 6.07) is 7.85. The normalized spacial score (nSPS) is 14.7. The van der Waals surface area contributed by atoms with Crippen LogP contribution in [0.15, 0.2) is 24.3 Å². The Bertz CT molecular complexity index is 342. The van der Waals surface area contributed by atoms with Gasteiger partial charge >= 0.3 is 0 Å². The molecule has 1 aromatic rings. The summed E-state index contributed by atoms with van der Waals surface area (Å²) >= 11 is 0. The molecule has 0 fully saturated rings. The second kappa shape index (κ2) is 6.59. The third kappa shape index (κ3) is 3.43. The number of benzene rings is 1. The lowest BCUT2D eigenvalue weighted by atomic mass is 9.98. The van der Waals surface area contributed by atoms with E-state index in [-0.39, 0.29) is 18.7 Å². The van der Waals surface area contributed by atoms with E-state index < -0.39 is 0 Å². The Morgan fingerprint density at radius 2 is 2.06 bits per heavy atom. The van der Waals surface area contributed by atoms with Gasteiger partial charge < -0.3 is 15.6 Å². The minimum Gasteiger partial charge on any atom is -0.496 e. The van der Waals surface area contributed by atoms with Gasteiger partial charge in [-0.25, -0.2) is 0 Å². The number of ether oxygens (including phenoxy) is 1. The average molecular weight is 238 g/mol. The van der Waals surface area contributed by atoms with Crippen molar-refractivity contribution in [2.75, 3.05) is 27.3 Å². The van der Waals surface area contributed by atoms with Crippen molar-refractivity contribution in [2.45, 2.75) is 19.0 Å². The highest BCUT2D eigenvalue weighted by Gasteiger charge is 2.23. The predicted octanol–water partition coefficient (Wildman–Crippen LogP) is 1.01. The van der Waals surface area contributed by atoms with Gasteiger partial charge in [-0.15, -0.1) is 0 Å². The number of aliphatic hydroxyl groups excluding tert-OH is 1. The molecule has 0 heterocycles. The molecule has 0 aliphatic heterocycles. The summed E-state index contributed by atoms with van der Waals surface area (Å²) in [6.45, 7) is 2.67. The zero-order valence-corrected chi connectivity index (χ0v) is 10.8. The largest absolute Gasteiger partial charge is 0.496 e. The molecule has 0 spiro atoms. The fraction of sp³-hybridized carbons (Fsp3) is 0.538. The molecule has 0 aliphatic carbocycles. The van der Waals surface area contributed by atoms with Crippen molar-refractivity contribution in [3.05, 3.63) is 29.8 Å². The van der Waals surface area contributed by atoms with Gasteiger partial charge in [0.1, 0.15) is 5.75 Å². The fourth-order valence-corrected chi connectivity index (χ4v) is 2.13. The zero-order valence-electron chi connectivity index (χ0n) is 10.8. The van der Waals surface area contributed by atoms with Crippen LogP contribution in [0.4, 0.5) is 0 Å². The van der Waals surface area contributed by atoms with Crippen molar-refractivity contribution in [1.82, 2.24) is 4.90 Å². The van der Waals surface area contributed by atoms with E-state index in [1.807, 2.05) is 43.1 Å². The first-order valence-electron chi connectivity index (χ1n) is 5.81. The van der Waals surface area contributed by atoms with Gasteiger partial charge in [-0.2, -0.15) is 0 Å². The maximum atomic E-state index is 9.03. The van der Waals surface area contributed by atoms with E-state index >= 15 is 0 Å². The highest BCUT2D eigenvalue weighted by atomic mass is 16.5. The zero-order chi connectivity index (χ0) is 12.8. The minimum atomic E-state index is -0.0390. The Morgan fingerprint density at radius 1 is 1.41 bits per heavy atom. The molecule has 0 bridgehead atoms. The van der Waals surface area contributed by atoms with E-state index in [9.17, 15) is 0 Å². The Kier molecular flexibility index (Phi) is 5.41. The number of likely N-dealkylation sites (N-methyl/N-ethyl adjacent to an activating group) is 1. The van der Waals surface area contributed by atoms with Crippen LogP contribution in [-0.2, 0) is 0 Å². The van der Waals surface area contributed by atoms with Crippen LogP contribution in [0.3, 0.4) is 0 Å². The molecule has 2 atom stereocenters. The topological polar surface area (TPSA) is 58.7 Å². The molecule has 4 nitrogen and oxygen atoms in total. The van der Waals surface area contributed by atoms with Gasteiger partial charge in [0.15, 0.2) is 0 Å². The number of para-hydroxylation sites is 1. The molecule has 4 heteroatoms. The van der Waals surface area contributed by atoms with E-state index in [4.69, 9.17) is 15.6 Å². The molecule has 2 unspecified atom stereocenters. The maximum Gasteiger partial charge on any atom is 0.123 e. The van der Waals surface area contributed by atoms with Crippen molar-refractivity contribution in [3.8, 4) is 5.75 Å². The van der Waals surface area contributed by atoms with Gasteiger partial charge in [-0.1, -0.05) is 18.2 Å². The summed E-state index contributed by atoms with van der Waals surface area (Å²) in [5.74, 6) is 0.833. The number of hydrogen-bond donors (Lipinski definition) is 2. The second-order valence-corrected chi connectivity index (χ2v) is 4.25. The highest BCUT2D eigenvalue weighted by molar-refractivity contribution is 5.36. The van der Waals surface area contributed by atoms with Crippen molar-refractivity contribution >= 4 is 0 Å². The lowest BCUT2D eigenvalue weighted by Gasteiger charge is -2.31. The van der Waals surface area contributed by atoms with Crippen LogP contribution in [0.1, 0.15) is 18.5 Å². The van der Waals surface area contributed by atoms with Gasteiger partial charge in [-0.3, -0.25) is 4.90 Å². The van der Waals surface area contributed by atoms with Gasteiger partial charge in [0, 0.05) is 18.2 Å². The summed E-state index contributed by atoms with van der Waals surface area (Å²) < 4.78 is 5.36. The van der Waals surface area contributed by atoms with Crippen LogP contribution >= 0.6 is 0 Å². The van der Waals surface area contributed by atoms with Gasteiger partial charge in [-0.05, 0) is 20.0 Å². The van der Waals surface area contributed by atoms with E-state index in [1.165, 1.54) is 0 Å². The molecule has 3 N–H and O–H groups in total. The lowest BCUT2D eigenvalue weighted by Crippen LogP contribution is -2.38. The molecule has 17 heavy (non-hydrogen) atoms. The molecule has 1 rings (SSSR count). The third-order valence-corrected chi connectivity index (χ3v) is 2.88.